The van der Waals surface area contributed by atoms with E-state index in [0.717, 1.165) is 19.9 Å². The normalized spacial score (nSPS) is 11.8. The van der Waals surface area contributed by atoms with Gasteiger partial charge in [-0.1, -0.05) is 88.2 Å². The summed E-state index contributed by atoms with van der Waals surface area (Å²) in [6.45, 7) is -0.560. The molecular weight excluding hydrogens is 654 g/mol. The Bertz CT molecular complexity index is 1660. The van der Waals surface area contributed by atoms with Gasteiger partial charge in [0.2, 0.25) is 11.8 Å². The lowest BCUT2D eigenvalue weighted by atomic mass is 10.0. The summed E-state index contributed by atoms with van der Waals surface area (Å²) < 4.78 is 35.5. The number of benzene rings is 4. The summed E-state index contributed by atoms with van der Waals surface area (Å²) in [5, 5.41) is 2.93. The van der Waals surface area contributed by atoms with Crippen molar-refractivity contribution in [1.29, 1.82) is 0 Å². The van der Waals surface area contributed by atoms with Crippen LogP contribution in [0.1, 0.15) is 11.1 Å². The molecule has 43 heavy (non-hydrogen) atoms. The standard InChI is InChI=1S/C32H31BrClN3O5S/c1-35-32(39)29(19-23-9-5-3-6-10-23)36(21-24-13-15-25(33)16-14-24)31(38)22-37(28-20-26(34)17-18-30(28)42-2)43(40,41)27-11-7-4-8-12-27/h3-18,20,29H,19,21-22H2,1-2H3,(H,35,39)/t29-/m1/s1. The number of hydrogen-bond donors (Lipinski definition) is 1. The molecule has 8 nitrogen and oxygen atoms in total. The summed E-state index contributed by atoms with van der Waals surface area (Å²) in [5.41, 5.74) is 1.70. The molecule has 4 rings (SSSR count). The maximum absolute atomic E-state index is 14.4. The number of anilines is 1. The van der Waals surface area contributed by atoms with Crippen molar-refractivity contribution >= 4 is 55.1 Å². The monoisotopic (exact) mass is 683 g/mol. The number of methoxy groups -OCH3 is 1. The highest BCUT2D eigenvalue weighted by atomic mass is 79.9. The van der Waals surface area contributed by atoms with E-state index in [1.807, 2.05) is 54.6 Å². The van der Waals surface area contributed by atoms with Crippen LogP contribution in [-0.4, -0.2) is 51.9 Å². The number of rotatable bonds is 12. The van der Waals surface area contributed by atoms with Gasteiger partial charge in [0.15, 0.2) is 0 Å². The van der Waals surface area contributed by atoms with Crippen molar-refractivity contribution in [3.8, 4) is 5.75 Å². The molecule has 0 aromatic heterocycles. The van der Waals surface area contributed by atoms with Gasteiger partial charge in [-0.15, -0.1) is 0 Å². The first kappa shape index (κ1) is 32.1. The lowest BCUT2D eigenvalue weighted by molar-refractivity contribution is -0.139. The van der Waals surface area contributed by atoms with Crippen molar-refractivity contribution in [2.75, 3.05) is 25.0 Å². The number of hydrogen-bond acceptors (Lipinski definition) is 5. The number of carbonyl (C=O) groups excluding carboxylic acids is 2. The smallest absolute Gasteiger partial charge is 0.264 e. The Balaban J connectivity index is 1.82. The number of sulfonamides is 1. The molecule has 0 aliphatic heterocycles. The molecule has 4 aromatic rings. The molecular formula is C32H31BrClN3O5S. The van der Waals surface area contributed by atoms with Crippen LogP contribution in [-0.2, 0) is 32.6 Å². The average molecular weight is 685 g/mol. The van der Waals surface area contributed by atoms with Crippen LogP contribution in [0, 0.1) is 0 Å². The van der Waals surface area contributed by atoms with Crippen LogP contribution < -0.4 is 14.4 Å². The molecule has 0 heterocycles. The van der Waals surface area contributed by atoms with Gasteiger partial charge in [0, 0.05) is 29.5 Å². The number of nitrogens with one attached hydrogen (secondary N) is 1. The van der Waals surface area contributed by atoms with Crippen LogP contribution in [0.2, 0.25) is 5.02 Å². The number of nitrogens with zero attached hydrogens (tertiary/aromatic N) is 2. The predicted molar refractivity (Wildman–Crippen MR) is 172 cm³/mol. The summed E-state index contributed by atoms with van der Waals surface area (Å²) in [7, 11) is -1.37. The molecule has 0 bridgehead atoms. The van der Waals surface area contributed by atoms with Crippen molar-refractivity contribution in [2.24, 2.45) is 0 Å². The largest absolute Gasteiger partial charge is 0.495 e. The first-order chi connectivity index (χ1) is 20.6. The molecule has 0 fully saturated rings. The lowest BCUT2D eigenvalue weighted by Crippen LogP contribution is -2.53. The van der Waals surface area contributed by atoms with Crippen LogP contribution >= 0.6 is 27.5 Å². The van der Waals surface area contributed by atoms with Gasteiger partial charge in [-0.25, -0.2) is 8.42 Å². The third-order valence-electron chi connectivity index (χ3n) is 6.80. The van der Waals surface area contributed by atoms with E-state index < -0.39 is 28.5 Å². The van der Waals surface area contributed by atoms with E-state index in [-0.39, 0.29) is 40.2 Å². The zero-order valence-corrected chi connectivity index (χ0v) is 26.8. The minimum absolute atomic E-state index is 0.0172. The van der Waals surface area contributed by atoms with Crippen molar-refractivity contribution in [2.45, 2.75) is 23.9 Å². The molecule has 0 radical (unpaired) electrons. The zero-order valence-electron chi connectivity index (χ0n) is 23.6. The Labute approximate surface area is 265 Å². The molecule has 11 heteroatoms. The van der Waals surface area contributed by atoms with Gasteiger partial charge >= 0.3 is 0 Å². The zero-order chi connectivity index (χ0) is 31.0. The van der Waals surface area contributed by atoms with Crippen LogP contribution in [0.25, 0.3) is 0 Å². The van der Waals surface area contributed by atoms with Crippen molar-refractivity contribution in [1.82, 2.24) is 10.2 Å². The van der Waals surface area contributed by atoms with Crippen LogP contribution in [0.3, 0.4) is 0 Å². The quantitative estimate of drug-likeness (QED) is 0.207. The number of halogens is 2. The highest BCUT2D eigenvalue weighted by Gasteiger charge is 2.35. The fourth-order valence-corrected chi connectivity index (χ4v) is 6.47. The van der Waals surface area contributed by atoms with Crippen molar-refractivity contribution in [3.05, 3.63) is 124 Å². The molecule has 0 aliphatic rings. The maximum atomic E-state index is 14.4. The summed E-state index contributed by atoms with van der Waals surface area (Å²) >= 11 is 9.73. The highest BCUT2D eigenvalue weighted by molar-refractivity contribution is 9.10. The average Bonchev–Trinajstić information content (AvgIpc) is 3.02. The molecule has 1 atom stereocenters. The molecule has 1 N–H and O–H groups in total. The van der Waals surface area contributed by atoms with Gasteiger partial charge in [-0.3, -0.25) is 13.9 Å². The Morgan fingerprint density at radius 3 is 2.14 bits per heavy atom. The molecule has 0 aliphatic carbocycles. The van der Waals surface area contributed by atoms with Gasteiger partial charge in [-0.05, 0) is 53.6 Å². The highest BCUT2D eigenvalue weighted by Crippen LogP contribution is 2.35. The second-order valence-corrected chi connectivity index (χ2v) is 12.8. The number of likely N-dealkylation sites (N-methyl/N-ethyl adjacent to an activating group) is 1. The molecule has 0 unspecified atom stereocenters. The molecule has 224 valence electrons. The van der Waals surface area contributed by atoms with E-state index in [1.54, 1.807) is 24.3 Å². The van der Waals surface area contributed by atoms with E-state index >= 15 is 0 Å². The number of carbonyl (C=O) groups is 2. The van der Waals surface area contributed by atoms with E-state index in [2.05, 4.69) is 21.2 Å². The summed E-state index contributed by atoms with van der Waals surface area (Å²) in [5.74, 6) is -0.760. The molecule has 0 spiro atoms. The second-order valence-electron chi connectivity index (χ2n) is 9.61. The Hall–Kier alpha value is -3.86. The fraction of sp³-hybridized carbons (Fsp3) is 0.188. The summed E-state index contributed by atoms with van der Waals surface area (Å²) in [4.78, 5) is 29.1. The van der Waals surface area contributed by atoms with E-state index in [4.69, 9.17) is 16.3 Å². The maximum Gasteiger partial charge on any atom is 0.264 e. The molecule has 0 saturated carbocycles. The molecule has 4 aromatic carbocycles. The van der Waals surface area contributed by atoms with E-state index in [0.29, 0.717) is 0 Å². The van der Waals surface area contributed by atoms with Gasteiger partial charge in [0.25, 0.3) is 10.0 Å². The van der Waals surface area contributed by atoms with E-state index in [9.17, 15) is 18.0 Å². The van der Waals surface area contributed by atoms with Crippen LogP contribution in [0.4, 0.5) is 5.69 Å². The lowest BCUT2D eigenvalue weighted by Gasteiger charge is -2.34. The second kappa shape index (κ2) is 14.5. The number of ether oxygens (including phenoxy) is 1. The minimum Gasteiger partial charge on any atom is -0.495 e. The van der Waals surface area contributed by atoms with Crippen molar-refractivity contribution in [3.63, 3.8) is 0 Å². The van der Waals surface area contributed by atoms with Crippen molar-refractivity contribution < 1.29 is 22.7 Å². The fourth-order valence-electron chi connectivity index (χ4n) is 4.60. The first-order valence-corrected chi connectivity index (χ1v) is 16.0. The van der Waals surface area contributed by atoms with Gasteiger partial charge in [-0.2, -0.15) is 0 Å². The first-order valence-electron chi connectivity index (χ1n) is 13.3. The van der Waals surface area contributed by atoms with E-state index in [1.165, 1.54) is 43.3 Å². The minimum atomic E-state index is -4.28. The van der Waals surface area contributed by atoms with Gasteiger partial charge < -0.3 is 15.0 Å². The predicted octanol–water partition coefficient (Wildman–Crippen LogP) is 5.69. The summed E-state index contributed by atoms with van der Waals surface area (Å²) in [6, 6.07) is 28.1. The Kier molecular flexibility index (Phi) is 10.8. The van der Waals surface area contributed by atoms with Crippen LogP contribution in [0.5, 0.6) is 5.75 Å². The molecule has 0 saturated heterocycles. The molecule has 2 amide bonds. The van der Waals surface area contributed by atoms with Gasteiger partial charge in [0.1, 0.15) is 18.3 Å². The summed E-state index contributed by atoms with van der Waals surface area (Å²) in [6.07, 6.45) is 0.217. The Morgan fingerprint density at radius 2 is 1.53 bits per heavy atom. The Morgan fingerprint density at radius 1 is 0.907 bits per heavy atom. The topological polar surface area (TPSA) is 96.0 Å². The van der Waals surface area contributed by atoms with Crippen LogP contribution in [0.15, 0.2) is 112 Å². The number of amides is 2. The van der Waals surface area contributed by atoms with Gasteiger partial charge in [0.05, 0.1) is 17.7 Å². The SMILES string of the molecule is CNC(=O)[C@@H](Cc1ccccc1)N(Cc1ccc(Br)cc1)C(=O)CN(c1cc(Cl)ccc1OC)S(=O)(=O)c1ccccc1. The third-order valence-corrected chi connectivity index (χ3v) is 9.34. The third kappa shape index (κ3) is 7.95.